The number of rotatable bonds is 5. The second kappa shape index (κ2) is 9.31. The van der Waals surface area contributed by atoms with Crippen LogP contribution in [0.3, 0.4) is 0 Å². The predicted molar refractivity (Wildman–Crippen MR) is 116 cm³/mol. The molecule has 1 saturated heterocycles. The third kappa shape index (κ3) is 4.59. The molecular weight excluding hydrogens is 400 g/mol. The molecule has 1 aliphatic carbocycles. The van der Waals surface area contributed by atoms with Crippen molar-refractivity contribution in [2.75, 3.05) is 18.4 Å². The first-order valence-electron chi connectivity index (χ1n) is 11.0. The highest BCUT2D eigenvalue weighted by Crippen LogP contribution is 2.30. The number of nitrogens with zero attached hydrogens (tertiary/aromatic N) is 3. The van der Waals surface area contributed by atoms with Crippen LogP contribution in [0.4, 0.5) is 5.82 Å². The van der Waals surface area contributed by atoms with Crippen molar-refractivity contribution >= 4 is 21.7 Å². The molecule has 30 heavy (non-hydrogen) atoms. The number of carbonyl (C=O) groups excluding carboxylic acids is 1. The zero-order valence-electron chi connectivity index (χ0n) is 17.3. The van der Waals surface area contributed by atoms with Crippen molar-refractivity contribution in [3.8, 4) is 0 Å². The van der Waals surface area contributed by atoms with E-state index in [1.807, 2.05) is 4.68 Å². The van der Waals surface area contributed by atoms with Crippen LogP contribution in [0.2, 0.25) is 0 Å². The second-order valence-corrected chi connectivity index (χ2v) is 10.2. The number of sulfonamides is 1. The van der Waals surface area contributed by atoms with E-state index >= 15 is 0 Å². The lowest BCUT2D eigenvalue weighted by Gasteiger charge is -2.24. The lowest BCUT2D eigenvalue weighted by Crippen LogP contribution is -2.32. The molecule has 1 saturated carbocycles. The summed E-state index contributed by atoms with van der Waals surface area (Å²) in [6.45, 7) is 1.08. The number of carbonyl (C=O) groups is 1. The van der Waals surface area contributed by atoms with Crippen LogP contribution in [0.15, 0.2) is 41.4 Å². The van der Waals surface area contributed by atoms with Gasteiger partial charge in [0.2, 0.25) is 10.0 Å². The molecular formula is C22H30N4O3S. The van der Waals surface area contributed by atoms with E-state index in [4.69, 9.17) is 0 Å². The van der Waals surface area contributed by atoms with Crippen molar-refractivity contribution in [3.63, 3.8) is 0 Å². The number of anilines is 1. The van der Waals surface area contributed by atoms with Gasteiger partial charge < -0.3 is 5.32 Å². The Bertz CT molecular complexity index is 972. The van der Waals surface area contributed by atoms with Gasteiger partial charge in [-0.05, 0) is 43.9 Å². The van der Waals surface area contributed by atoms with Gasteiger partial charge in [-0.25, -0.2) is 13.1 Å². The summed E-state index contributed by atoms with van der Waals surface area (Å²) in [5, 5.41) is 7.34. The van der Waals surface area contributed by atoms with E-state index in [-0.39, 0.29) is 10.8 Å². The van der Waals surface area contributed by atoms with Gasteiger partial charge in [-0.1, -0.05) is 38.2 Å². The smallest absolute Gasteiger partial charge is 0.256 e. The molecule has 7 nitrogen and oxygen atoms in total. The van der Waals surface area contributed by atoms with E-state index < -0.39 is 10.0 Å². The largest absolute Gasteiger partial charge is 0.307 e. The molecule has 1 aromatic carbocycles. The van der Waals surface area contributed by atoms with Gasteiger partial charge in [0, 0.05) is 24.7 Å². The van der Waals surface area contributed by atoms with Crippen molar-refractivity contribution in [2.45, 2.75) is 68.7 Å². The first-order chi connectivity index (χ1) is 14.6. The topological polar surface area (TPSA) is 84.3 Å². The first-order valence-corrected chi connectivity index (χ1v) is 12.4. The Morgan fingerprint density at radius 3 is 2.40 bits per heavy atom. The van der Waals surface area contributed by atoms with Crippen LogP contribution in [-0.2, 0) is 10.0 Å². The van der Waals surface area contributed by atoms with Crippen LogP contribution < -0.4 is 5.32 Å². The van der Waals surface area contributed by atoms with Crippen molar-refractivity contribution in [3.05, 3.63) is 42.1 Å². The number of hydrogen-bond donors (Lipinski definition) is 1. The van der Waals surface area contributed by atoms with E-state index in [0.717, 1.165) is 38.5 Å². The number of hydrogen-bond acceptors (Lipinski definition) is 4. The predicted octanol–water partition coefficient (Wildman–Crippen LogP) is 4.21. The molecule has 0 unspecified atom stereocenters. The van der Waals surface area contributed by atoms with Gasteiger partial charge in [-0.2, -0.15) is 9.40 Å². The molecule has 0 spiro atoms. The quantitative estimate of drug-likeness (QED) is 0.770. The van der Waals surface area contributed by atoms with Gasteiger partial charge in [0.1, 0.15) is 5.82 Å². The highest BCUT2D eigenvalue weighted by molar-refractivity contribution is 7.89. The minimum absolute atomic E-state index is 0.179. The van der Waals surface area contributed by atoms with E-state index in [1.165, 1.54) is 25.3 Å². The maximum absolute atomic E-state index is 13.1. The Hall–Kier alpha value is -2.19. The molecule has 2 heterocycles. The van der Waals surface area contributed by atoms with Gasteiger partial charge in [0.25, 0.3) is 5.91 Å². The normalized spacial score (nSPS) is 19.3. The van der Waals surface area contributed by atoms with E-state index in [9.17, 15) is 13.2 Å². The molecule has 2 aliphatic rings. The van der Waals surface area contributed by atoms with Gasteiger partial charge in [-0.15, -0.1) is 0 Å². The SMILES string of the molecule is O=C(Nc1ccnn1C1CCCCC1)c1cccc(S(=O)(=O)N2CCCCCC2)c1. The summed E-state index contributed by atoms with van der Waals surface area (Å²) >= 11 is 0. The van der Waals surface area contributed by atoms with Gasteiger partial charge in [0.05, 0.1) is 17.1 Å². The molecule has 1 amide bonds. The summed E-state index contributed by atoms with van der Waals surface area (Å²) in [4.78, 5) is 13.1. The van der Waals surface area contributed by atoms with Crippen LogP contribution in [-0.4, -0.2) is 41.5 Å². The zero-order chi connectivity index (χ0) is 21.0. The summed E-state index contributed by atoms with van der Waals surface area (Å²) in [5.41, 5.74) is 0.335. The van der Waals surface area contributed by atoms with Gasteiger partial charge >= 0.3 is 0 Å². The van der Waals surface area contributed by atoms with E-state index in [2.05, 4.69) is 10.4 Å². The fourth-order valence-electron chi connectivity index (χ4n) is 4.45. The Balaban J connectivity index is 1.51. The van der Waals surface area contributed by atoms with Crippen molar-refractivity contribution in [2.24, 2.45) is 0 Å². The Morgan fingerprint density at radius 2 is 1.67 bits per heavy atom. The Labute approximate surface area is 178 Å². The average molecular weight is 431 g/mol. The fourth-order valence-corrected chi connectivity index (χ4v) is 6.01. The molecule has 0 radical (unpaired) electrons. The summed E-state index contributed by atoms with van der Waals surface area (Å²) < 4.78 is 29.6. The monoisotopic (exact) mass is 430 g/mol. The number of aromatic nitrogens is 2. The van der Waals surface area contributed by atoms with Crippen LogP contribution in [0.1, 0.15) is 74.2 Å². The molecule has 0 bridgehead atoms. The Kier molecular flexibility index (Phi) is 6.53. The lowest BCUT2D eigenvalue weighted by atomic mass is 9.96. The molecule has 4 rings (SSSR count). The average Bonchev–Trinajstić information content (AvgIpc) is 3.05. The molecule has 2 aromatic rings. The molecule has 2 fully saturated rings. The number of nitrogens with one attached hydrogen (secondary N) is 1. The number of amides is 1. The summed E-state index contributed by atoms with van der Waals surface area (Å²) in [6, 6.07) is 8.44. The van der Waals surface area contributed by atoms with Gasteiger partial charge in [-0.3, -0.25) is 4.79 Å². The van der Waals surface area contributed by atoms with E-state index in [1.54, 1.807) is 34.8 Å². The van der Waals surface area contributed by atoms with Crippen molar-refractivity contribution in [1.82, 2.24) is 14.1 Å². The van der Waals surface area contributed by atoms with Crippen LogP contribution in [0.5, 0.6) is 0 Å². The minimum atomic E-state index is -3.59. The molecule has 1 aliphatic heterocycles. The lowest BCUT2D eigenvalue weighted by molar-refractivity contribution is 0.102. The van der Waals surface area contributed by atoms with Crippen LogP contribution >= 0.6 is 0 Å². The third-order valence-electron chi connectivity index (χ3n) is 6.13. The first kappa shape index (κ1) is 21.1. The highest BCUT2D eigenvalue weighted by Gasteiger charge is 2.26. The maximum Gasteiger partial charge on any atom is 0.256 e. The minimum Gasteiger partial charge on any atom is -0.307 e. The summed E-state index contributed by atoms with van der Waals surface area (Å²) in [6.07, 6.45) is 11.3. The second-order valence-electron chi connectivity index (χ2n) is 8.25. The molecule has 0 atom stereocenters. The van der Waals surface area contributed by atoms with E-state index in [0.29, 0.717) is 30.5 Å². The molecule has 1 N–H and O–H groups in total. The summed E-state index contributed by atoms with van der Waals surface area (Å²) in [5.74, 6) is 0.341. The zero-order valence-corrected chi connectivity index (χ0v) is 18.1. The maximum atomic E-state index is 13.1. The molecule has 8 heteroatoms. The standard InChI is InChI=1S/C22H30N4O3S/c27-22(24-21-13-14-23-26(21)19-10-4-3-5-11-19)18-9-8-12-20(17-18)30(28,29)25-15-6-1-2-7-16-25/h8-9,12-14,17,19H,1-7,10-11,15-16H2,(H,24,27). The molecule has 162 valence electrons. The highest BCUT2D eigenvalue weighted by atomic mass is 32.2. The van der Waals surface area contributed by atoms with Gasteiger partial charge in [0.15, 0.2) is 0 Å². The fraction of sp³-hybridized carbons (Fsp3) is 0.545. The van der Waals surface area contributed by atoms with Crippen LogP contribution in [0, 0.1) is 0 Å². The van der Waals surface area contributed by atoms with Crippen LogP contribution in [0.25, 0.3) is 0 Å². The Morgan fingerprint density at radius 1 is 0.967 bits per heavy atom. The number of benzene rings is 1. The van der Waals surface area contributed by atoms with Crippen molar-refractivity contribution < 1.29 is 13.2 Å². The molecule has 1 aromatic heterocycles. The van der Waals surface area contributed by atoms with Crippen molar-refractivity contribution in [1.29, 1.82) is 0 Å². The third-order valence-corrected chi connectivity index (χ3v) is 8.03. The summed E-state index contributed by atoms with van der Waals surface area (Å²) in [7, 11) is -3.59.